The second-order valence-electron chi connectivity index (χ2n) is 9.85. The molecule has 10 nitrogen and oxygen atoms in total. The molecule has 0 atom stereocenters. The van der Waals surface area contributed by atoms with E-state index in [4.69, 9.17) is 5.73 Å². The number of fused-ring (bicyclic) bond motifs is 2. The van der Waals surface area contributed by atoms with E-state index in [1.807, 2.05) is 31.3 Å². The minimum Gasteiger partial charge on any atom is -0.368 e. The minimum absolute atomic E-state index is 0.0000730. The molecule has 0 fully saturated rings. The molecule has 1 aliphatic rings. The van der Waals surface area contributed by atoms with Gasteiger partial charge in [-0.25, -0.2) is 23.4 Å². The fourth-order valence-corrected chi connectivity index (χ4v) is 6.40. The summed E-state index contributed by atoms with van der Waals surface area (Å²) in [6, 6.07) is 20.0. The summed E-state index contributed by atoms with van der Waals surface area (Å²) >= 11 is 0. The molecule has 3 heterocycles. The van der Waals surface area contributed by atoms with Crippen molar-refractivity contribution in [2.45, 2.75) is 24.5 Å². The van der Waals surface area contributed by atoms with E-state index in [9.17, 15) is 13.2 Å². The summed E-state index contributed by atoms with van der Waals surface area (Å²) < 4.78 is 30.5. The molecular formula is C29H27N7O3S. The average Bonchev–Trinajstić information content (AvgIpc) is 3.57. The predicted octanol–water partition coefficient (Wildman–Crippen LogP) is 3.59. The van der Waals surface area contributed by atoms with E-state index in [0.717, 1.165) is 16.8 Å². The van der Waals surface area contributed by atoms with Gasteiger partial charge in [-0.2, -0.15) is 4.31 Å². The number of aryl methyl sites for hydroxylation is 1. The third-order valence-electron chi connectivity index (χ3n) is 7.23. The van der Waals surface area contributed by atoms with Gasteiger partial charge in [-0.3, -0.25) is 4.79 Å². The van der Waals surface area contributed by atoms with Crippen molar-refractivity contribution in [3.63, 3.8) is 0 Å². The number of benzene rings is 3. The van der Waals surface area contributed by atoms with E-state index in [0.29, 0.717) is 35.1 Å². The Morgan fingerprint density at radius 1 is 1.00 bits per heavy atom. The summed E-state index contributed by atoms with van der Waals surface area (Å²) in [5.41, 5.74) is 10.8. The zero-order valence-electron chi connectivity index (χ0n) is 22.0. The van der Waals surface area contributed by atoms with Crippen LogP contribution in [-0.4, -0.2) is 50.1 Å². The van der Waals surface area contributed by atoms with Crippen LogP contribution in [0.15, 0.2) is 84.1 Å². The summed E-state index contributed by atoms with van der Waals surface area (Å²) in [5.74, 6) is -0.260. The second kappa shape index (κ2) is 9.85. The maximum atomic E-state index is 13.7. The maximum absolute atomic E-state index is 13.7. The van der Waals surface area contributed by atoms with Crippen LogP contribution in [0, 0.1) is 0 Å². The van der Waals surface area contributed by atoms with Gasteiger partial charge < -0.3 is 15.2 Å². The number of aromatic nitrogens is 4. The molecular weight excluding hydrogens is 526 g/mol. The number of carbonyl (C=O) groups is 1. The molecule has 6 rings (SSSR count). The summed E-state index contributed by atoms with van der Waals surface area (Å²) in [6.45, 7) is 1.11. The Morgan fingerprint density at radius 2 is 1.70 bits per heavy atom. The van der Waals surface area contributed by atoms with Crippen LogP contribution in [0.25, 0.3) is 22.0 Å². The van der Waals surface area contributed by atoms with Crippen molar-refractivity contribution in [3.8, 4) is 11.1 Å². The van der Waals surface area contributed by atoms with Crippen molar-refractivity contribution in [1.82, 2.24) is 28.7 Å². The molecule has 0 saturated carbocycles. The summed E-state index contributed by atoms with van der Waals surface area (Å²) in [7, 11) is -0.513. The van der Waals surface area contributed by atoms with E-state index >= 15 is 0 Å². The Bertz CT molecular complexity index is 1860. The maximum Gasteiger partial charge on any atom is 0.273 e. The molecule has 0 spiro atoms. The van der Waals surface area contributed by atoms with Crippen LogP contribution in [0.3, 0.4) is 0 Å². The number of rotatable bonds is 6. The fraction of sp³-hybridized carbons (Fsp3) is 0.172. The van der Waals surface area contributed by atoms with Gasteiger partial charge in [0.2, 0.25) is 16.0 Å². The molecule has 0 aliphatic carbocycles. The van der Waals surface area contributed by atoms with Gasteiger partial charge in [0.15, 0.2) is 0 Å². The lowest BCUT2D eigenvalue weighted by Gasteiger charge is -2.20. The van der Waals surface area contributed by atoms with Crippen molar-refractivity contribution in [3.05, 3.63) is 102 Å². The molecule has 0 unspecified atom stereocenters. The van der Waals surface area contributed by atoms with Crippen LogP contribution in [0.5, 0.6) is 0 Å². The predicted molar refractivity (Wildman–Crippen MR) is 151 cm³/mol. The molecule has 2 aromatic heterocycles. The van der Waals surface area contributed by atoms with Gasteiger partial charge >= 0.3 is 0 Å². The van der Waals surface area contributed by atoms with Crippen LogP contribution >= 0.6 is 0 Å². The zero-order chi connectivity index (χ0) is 28.0. The first-order valence-corrected chi connectivity index (χ1v) is 14.1. The number of amides is 1. The highest BCUT2D eigenvalue weighted by Crippen LogP contribution is 2.33. The summed E-state index contributed by atoms with van der Waals surface area (Å²) in [6.07, 6.45) is 3.28. The Labute approximate surface area is 231 Å². The number of nitrogens with two attached hydrogens (primary N) is 1. The topological polar surface area (TPSA) is 127 Å². The first kappa shape index (κ1) is 25.7. The average molecular weight is 554 g/mol. The highest BCUT2D eigenvalue weighted by molar-refractivity contribution is 7.89. The van der Waals surface area contributed by atoms with Crippen molar-refractivity contribution in [2.24, 2.45) is 7.05 Å². The smallest absolute Gasteiger partial charge is 0.273 e. The zero-order valence-corrected chi connectivity index (χ0v) is 22.8. The third kappa shape index (κ3) is 4.48. The lowest BCUT2D eigenvalue weighted by molar-refractivity contribution is 0.0747. The molecule has 11 heteroatoms. The van der Waals surface area contributed by atoms with Gasteiger partial charge in [-0.1, -0.05) is 48.5 Å². The van der Waals surface area contributed by atoms with Crippen molar-refractivity contribution in [2.75, 3.05) is 12.8 Å². The number of carbonyl (C=O) groups excluding carboxylic acids is 1. The van der Waals surface area contributed by atoms with E-state index < -0.39 is 10.0 Å². The second-order valence-corrected chi connectivity index (χ2v) is 11.9. The molecule has 0 bridgehead atoms. The van der Waals surface area contributed by atoms with Gasteiger partial charge in [-0.15, -0.1) is 0 Å². The largest absolute Gasteiger partial charge is 0.368 e. The summed E-state index contributed by atoms with van der Waals surface area (Å²) in [4.78, 5) is 28.3. The Kier molecular flexibility index (Phi) is 6.32. The van der Waals surface area contributed by atoms with Gasteiger partial charge in [0.25, 0.3) is 5.91 Å². The highest BCUT2D eigenvalue weighted by Gasteiger charge is 2.28. The molecule has 1 aliphatic heterocycles. The Hall–Kier alpha value is -4.61. The minimum atomic E-state index is -3.87. The summed E-state index contributed by atoms with van der Waals surface area (Å²) in [5, 5.41) is 0.503. The molecule has 40 heavy (non-hydrogen) atoms. The number of nitrogen functional groups attached to an aromatic ring is 1. The van der Waals surface area contributed by atoms with Crippen LogP contribution in [-0.2, 0) is 36.7 Å². The lowest BCUT2D eigenvalue weighted by atomic mass is 10.0. The monoisotopic (exact) mass is 553 g/mol. The van der Waals surface area contributed by atoms with Gasteiger partial charge in [0, 0.05) is 44.3 Å². The molecule has 2 N–H and O–H groups in total. The molecule has 5 aromatic rings. The lowest BCUT2D eigenvalue weighted by Crippen LogP contribution is -2.27. The van der Waals surface area contributed by atoms with E-state index in [1.165, 1.54) is 4.31 Å². The number of hydrogen-bond acceptors (Lipinski definition) is 7. The molecule has 0 saturated heterocycles. The van der Waals surface area contributed by atoms with E-state index in [2.05, 4.69) is 15.0 Å². The normalized spacial score (nSPS) is 13.2. The quantitative estimate of drug-likeness (QED) is 0.340. The molecule has 1 amide bonds. The van der Waals surface area contributed by atoms with E-state index in [1.54, 1.807) is 71.5 Å². The van der Waals surface area contributed by atoms with Crippen LogP contribution in [0.4, 0.5) is 5.95 Å². The number of imidazole rings is 1. The molecule has 3 aromatic carbocycles. The van der Waals surface area contributed by atoms with Crippen LogP contribution < -0.4 is 5.73 Å². The van der Waals surface area contributed by atoms with Crippen molar-refractivity contribution >= 4 is 32.8 Å². The fourth-order valence-electron chi connectivity index (χ4n) is 5.05. The standard InChI is InChI=1S/C29H27N7O3S/c1-34-18-31-14-22(34)17-35(2)40(38,39)26-10-6-5-9-23(26)19-11-12-25-24(13-19)27(33-29(30)32-25)28(37)36-15-20-7-3-4-8-21(20)16-36/h3-14,18H,15-17H2,1-2H3,(H2,30,32,33). The SMILES string of the molecule is CN(Cc1cncn1C)S(=O)(=O)c1ccccc1-c1ccc2nc(N)nc(C(=O)N3Cc4ccccc4C3)c2c1. The van der Waals surface area contributed by atoms with Crippen LogP contribution in [0.1, 0.15) is 27.3 Å². The number of sulfonamides is 1. The van der Waals surface area contributed by atoms with E-state index in [-0.39, 0.29) is 29.0 Å². The highest BCUT2D eigenvalue weighted by atomic mass is 32.2. The first-order chi connectivity index (χ1) is 19.2. The third-order valence-corrected chi connectivity index (χ3v) is 9.09. The van der Waals surface area contributed by atoms with Crippen LogP contribution in [0.2, 0.25) is 0 Å². The van der Waals surface area contributed by atoms with Crippen molar-refractivity contribution < 1.29 is 13.2 Å². The van der Waals surface area contributed by atoms with Crippen molar-refractivity contribution in [1.29, 1.82) is 0 Å². The molecule has 202 valence electrons. The van der Waals surface area contributed by atoms with Gasteiger partial charge in [-0.05, 0) is 34.9 Å². The Morgan fingerprint density at radius 3 is 2.40 bits per heavy atom. The number of anilines is 1. The molecule has 0 radical (unpaired) electrons. The Balaban J connectivity index is 1.40. The number of nitrogens with zero attached hydrogens (tertiary/aromatic N) is 6. The first-order valence-electron chi connectivity index (χ1n) is 12.7. The van der Waals surface area contributed by atoms with Gasteiger partial charge in [0.05, 0.1) is 29.0 Å². The van der Waals surface area contributed by atoms with Gasteiger partial charge in [0.1, 0.15) is 5.69 Å². The number of hydrogen-bond donors (Lipinski definition) is 1.